The molecule has 0 saturated carbocycles. The van der Waals surface area contributed by atoms with Gasteiger partial charge < -0.3 is 29.7 Å². The second kappa shape index (κ2) is 8.69. The van der Waals surface area contributed by atoms with E-state index in [4.69, 9.17) is 0 Å². The van der Waals surface area contributed by atoms with Gasteiger partial charge in [-0.15, -0.1) is 34.5 Å². The Labute approximate surface area is 191 Å². The second-order valence-corrected chi connectivity index (χ2v) is 6.57. The average Bonchev–Trinajstić information content (AvgIpc) is 3.01. The van der Waals surface area contributed by atoms with Crippen LogP contribution in [0.4, 0.5) is 11.4 Å². The smallest absolute Gasteiger partial charge is 1.00 e. The molecule has 1 aliphatic heterocycles. The summed E-state index contributed by atoms with van der Waals surface area (Å²) in [5.41, 5.74) is 7.97. The third-order valence-corrected chi connectivity index (χ3v) is 4.99. The van der Waals surface area contributed by atoms with Gasteiger partial charge in [-0.05, 0) is 22.9 Å². The predicted octanol–water partition coefficient (Wildman–Crippen LogP) is 0.191. The van der Waals surface area contributed by atoms with E-state index in [-0.39, 0.29) is 51.0 Å². The Bertz CT molecular complexity index is 1070. The minimum absolute atomic E-state index is 0. The van der Waals surface area contributed by atoms with Gasteiger partial charge in [0, 0.05) is 17.8 Å². The van der Waals surface area contributed by atoms with Crippen LogP contribution in [0.25, 0.3) is 21.9 Å². The first kappa shape index (κ1) is 21.8. The Kier molecular flexibility index (Phi) is 7.03. The topological polar surface area (TPSA) is 3.24 Å². The van der Waals surface area contributed by atoms with Gasteiger partial charge in [0.15, 0.2) is 0 Å². The van der Waals surface area contributed by atoms with Crippen LogP contribution in [-0.4, -0.2) is 0 Å². The molecular formula is C23H18Cl2NZr. The zero-order chi connectivity index (χ0) is 16.1. The van der Waals surface area contributed by atoms with Gasteiger partial charge in [0.2, 0.25) is 0 Å². The van der Waals surface area contributed by atoms with E-state index >= 15 is 0 Å². The van der Waals surface area contributed by atoms with E-state index in [1.807, 2.05) is 0 Å². The molecule has 1 heterocycles. The molecule has 0 fully saturated rings. The van der Waals surface area contributed by atoms with Gasteiger partial charge in [-0.2, -0.15) is 6.07 Å². The van der Waals surface area contributed by atoms with Crippen molar-refractivity contribution in [1.29, 1.82) is 0 Å². The third kappa shape index (κ3) is 3.64. The number of halogens is 2. The van der Waals surface area contributed by atoms with Crippen molar-refractivity contribution in [2.45, 2.75) is 13.5 Å². The number of fused-ring (bicyclic) bond motifs is 4. The van der Waals surface area contributed by atoms with Crippen LogP contribution in [0.2, 0.25) is 0 Å². The maximum atomic E-state index is 2.46. The fourth-order valence-corrected chi connectivity index (χ4v) is 3.93. The molecule has 27 heavy (non-hydrogen) atoms. The quantitative estimate of drug-likeness (QED) is 0.359. The van der Waals surface area contributed by atoms with Gasteiger partial charge in [0.25, 0.3) is 0 Å². The van der Waals surface area contributed by atoms with Crippen molar-refractivity contribution >= 4 is 22.1 Å². The summed E-state index contributed by atoms with van der Waals surface area (Å²) in [5.74, 6) is 0. The molecule has 0 N–H and O–H groups in total. The van der Waals surface area contributed by atoms with Crippen LogP contribution in [-0.2, 0) is 32.7 Å². The van der Waals surface area contributed by atoms with Crippen LogP contribution in [0.5, 0.6) is 0 Å². The molecule has 4 aromatic carbocycles. The van der Waals surface area contributed by atoms with Crippen LogP contribution in [0.15, 0.2) is 78.9 Å². The standard InChI is InChI=1S/C23H18N.2ClH.Zr/c1-16-13-17-8-6-12-23(21(17)14-16)24-15-18-7-2-3-9-19(18)20-10-4-5-11-22(20)24;;;/h2-14H,15H2,1H3;2*1H;/q-1;;;+3/p-2. The number of hydrogen-bond acceptors (Lipinski definition) is 1. The van der Waals surface area contributed by atoms with E-state index < -0.39 is 0 Å². The van der Waals surface area contributed by atoms with Crippen molar-refractivity contribution in [2.24, 2.45) is 0 Å². The Morgan fingerprint density at radius 2 is 1.44 bits per heavy atom. The minimum Gasteiger partial charge on any atom is -1.00 e. The van der Waals surface area contributed by atoms with Crippen LogP contribution < -0.4 is 29.7 Å². The summed E-state index contributed by atoms with van der Waals surface area (Å²) in [6.45, 7) is 3.08. The van der Waals surface area contributed by atoms with E-state index in [0.717, 1.165) is 6.54 Å². The van der Waals surface area contributed by atoms with Gasteiger partial charge in [0.1, 0.15) is 0 Å². The summed E-state index contributed by atoms with van der Waals surface area (Å²) in [6.07, 6.45) is 0. The summed E-state index contributed by atoms with van der Waals surface area (Å²) >= 11 is 0. The summed E-state index contributed by atoms with van der Waals surface area (Å²) < 4.78 is 0. The minimum atomic E-state index is 0. The summed E-state index contributed by atoms with van der Waals surface area (Å²) in [5, 5.41) is 2.66. The van der Waals surface area contributed by atoms with E-state index in [0.29, 0.717) is 0 Å². The molecule has 0 aliphatic carbocycles. The Hall–Kier alpha value is -1.47. The van der Waals surface area contributed by atoms with Crippen molar-refractivity contribution in [3.63, 3.8) is 0 Å². The van der Waals surface area contributed by atoms with Crippen LogP contribution in [0, 0.1) is 6.92 Å². The normalized spacial score (nSPS) is 11.5. The molecule has 0 unspecified atom stereocenters. The van der Waals surface area contributed by atoms with Gasteiger partial charge >= 0.3 is 26.2 Å². The van der Waals surface area contributed by atoms with Crippen molar-refractivity contribution in [3.8, 4) is 11.1 Å². The third-order valence-electron chi connectivity index (χ3n) is 4.99. The fourth-order valence-electron chi connectivity index (χ4n) is 3.93. The molecule has 0 saturated heterocycles. The summed E-state index contributed by atoms with van der Waals surface area (Å²) in [6, 6.07) is 28.7. The molecule has 133 valence electrons. The number of nitrogens with zero attached hydrogens (tertiary/aromatic N) is 1. The Morgan fingerprint density at radius 1 is 0.778 bits per heavy atom. The molecule has 0 bridgehead atoms. The summed E-state index contributed by atoms with van der Waals surface area (Å²) in [4.78, 5) is 2.46. The molecule has 0 atom stereocenters. The first-order valence-electron chi connectivity index (χ1n) is 8.42. The SMILES string of the molecule is Cc1cc2c(N3Cc4ccccc4-c4ccccc43)cccc2[cH-]1.[Cl-].[Cl-].[Zr+3]. The van der Waals surface area contributed by atoms with E-state index in [2.05, 4.69) is 90.7 Å². The number of aryl methyl sites for hydroxylation is 1. The van der Waals surface area contributed by atoms with Crippen LogP contribution in [0.3, 0.4) is 0 Å². The summed E-state index contributed by atoms with van der Waals surface area (Å²) in [7, 11) is 0. The van der Waals surface area contributed by atoms with Gasteiger partial charge in [-0.3, -0.25) is 0 Å². The van der Waals surface area contributed by atoms with Crippen molar-refractivity contribution in [3.05, 3.63) is 90.0 Å². The molecular weight excluding hydrogens is 452 g/mol. The molecule has 0 aromatic heterocycles. The Balaban J connectivity index is 0.000000871. The van der Waals surface area contributed by atoms with Crippen LogP contribution in [0.1, 0.15) is 11.1 Å². The van der Waals surface area contributed by atoms with E-state index in [9.17, 15) is 0 Å². The van der Waals surface area contributed by atoms with Gasteiger partial charge in [0.05, 0.1) is 0 Å². The number of anilines is 2. The first-order valence-corrected chi connectivity index (χ1v) is 8.42. The van der Waals surface area contributed by atoms with Gasteiger partial charge in [-0.25, -0.2) is 0 Å². The maximum absolute atomic E-state index is 2.46. The molecule has 1 aliphatic rings. The first-order chi connectivity index (χ1) is 11.8. The molecule has 0 spiro atoms. The van der Waals surface area contributed by atoms with Crippen molar-refractivity contribution < 1.29 is 51.0 Å². The molecule has 4 aromatic rings. The van der Waals surface area contributed by atoms with Crippen molar-refractivity contribution in [1.82, 2.24) is 0 Å². The number of para-hydroxylation sites is 1. The van der Waals surface area contributed by atoms with Crippen LogP contribution >= 0.6 is 0 Å². The molecule has 5 rings (SSSR count). The van der Waals surface area contributed by atoms with E-state index in [1.54, 1.807) is 0 Å². The molecule has 4 heteroatoms. The van der Waals surface area contributed by atoms with Gasteiger partial charge in [-0.1, -0.05) is 55.5 Å². The number of rotatable bonds is 1. The molecule has 1 nitrogen and oxygen atoms in total. The molecule has 0 amide bonds. The zero-order valence-corrected chi connectivity index (χ0v) is 18.9. The fraction of sp³-hybridized carbons (Fsp3) is 0.0870. The maximum Gasteiger partial charge on any atom is 3.00 e. The molecule has 1 radical (unpaired) electrons. The Morgan fingerprint density at radius 3 is 2.26 bits per heavy atom. The zero-order valence-electron chi connectivity index (χ0n) is 14.9. The number of hydrogen-bond donors (Lipinski definition) is 0. The number of benzene rings is 3. The second-order valence-electron chi connectivity index (χ2n) is 6.57. The van der Waals surface area contributed by atoms with E-state index in [1.165, 1.54) is 44.4 Å². The predicted molar refractivity (Wildman–Crippen MR) is 102 cm³/mol. The largest absolute Gasteiger partial charge is 3.00 e. The average molecular weight is 471 g/mol. The monoisotopic (exact) mass is 468 g/mol. The van der Waals surface area contributed by atoms with Crippen molar-refractivity contribution in [2.75, 3.05) is 4.90 Å².